The zero-order valence-electron chi connectivity index (χ0n) is 24.9. The van der Waals surface area contributed by atoms with Crippen LogP contribution in [-0.4, -0.2) is 12.2 Å². The van der Waals surface area contributed by atoms with E-state index in [1.165, 1.54) is 31.8 Å². The Morgan fingerprint density at radius 2 is 0.659 bits per heavy atom. The van der Waals surface area contributed by atoms with Crippen molar-refractivity contribution < 1.29 is 9.47 Å². The second-order valence-corrected chi connectivity index (χ2v) is 15.3. The average molecular weight is 609 g/mol. The minimum atomic E-state index is -0.899. The van der Waals surface area contributed by atoms with Crippen LogP contribution in [0, 0.1) is 0 Å². The van der Waals surface area contributed by atoms with Crippen molar-refractivity contribution in [3.05, 3.63) is 158 Å². The molecule has 1 heterocycles. The van der Waals surface area contributed by atoms with Gasteiger partial charge in [0.25, 0.3) is 0 Å². The van der Waals surface area contributed by atoms with Crippen LogP contribution >= 0.6 is 15.8 Å². The predicted octanol–water partition coefficient (Wildman–Crippen LogP) is 7.42. The van der Waals surface area contributed by atoms with Crippen LogP contribution in [0.15, 0.2) is 158 Å². The van der Waals surface area contributed by atoms with E-state index in [-0.39, 0.29) is 12.2 Å². The van der Waals surface area contributed by atoms with Gasteiger partial charge in [-0.15, -0.1) is 0 Å². The van der Waals surface area contributed by atoms with Gasteiger partial charge in [0.1, 0.15) is 23.7 Å². The van der Waals surface area contributed by atoms with Crippen LogP contribution in [0.4, 0.5) is 0 Å². The molecule has 44 heavy (non-hydrogen) atoms. The minimum absolute atomic E-state index is 0.120. The van der Waals surface area contributed by atoms with Crippen molar-refractivity contribution in [1.29, 1.82) is 0 Å². The lowest BCUT2D eigenvalue weighted by atomic mass is 10.0. The van der Waals surface area contributed by atoms with Crippen LogP contribution in [0.2, 0.25) is 0 Å². The quantitative estimate of drug-likeness (QED) is 0.183. The molecule has 0 amide bonds. The Labute approximate surface area is 262 Å². The number of hydrogen-bond acceptors (Lipinski definition) is 2. The SMILES string of the molecule is CC1Oc2cccc(P(c3ccccc3)c3ccccc3)c2-c2c(cccc2P(c2ccccc2)c2ccccc2)O[C@@H]1C. The highest BCUT2D eigenvalue weighted by molar-refractivity contribution is 7.80. The molecule has 0 radical (unpaired) electrons. The van der Waals surface area contributed by atoms with Crippen LogP contribution in [0.25, 0.3) is 11.1 Å². The summed E-state index contributed by atoms with van der Waals surface area (Å²) in [6, 6.07) is 56.8. The van der Waals surface area contributed by atoms with E-state index in [0.29, 0.717) is 0 Å². The fourth-order valence-electron chi connectivity index (χ4n) is 5.87. The second kappa shape index (κ2) is 12.8. The Morgan fingerprint density at radius 3 is 0.955 bits per heavy atom. The van der Waals surface area contributed by atoms with Gasteiger partial charge in [-0.25, -0.2) is 0 Å². The third-order valence-electron chi connectivity index (χ3n) is 8.08. The number of ether oxygens (including phenoxy) is 2. The molecule has 6 aromatic rings. The lowest BCUT2D eigenvalue weighted by Crippen LogP contribution is -2.35. The molecule has 1 aliphatic rings. The molecule has 1 unspecified atom stereocenters. The molecular weight excluding hydrogens is 574 g/mol. The van der Waals surface area contributed by atoms with Crippen LogP contribution in [0.5, 0.6) is 11.5 Å². The van der Waals surface area contributed by atoms with Crippen LogP contribution < -0.4 is 41.3 Å². The van der Waals surface area contributed by atoms with E-state index in [0.717, 1.165) is 22.6 Å². The first-order valence-electron chi connectivity index (χ1n) is 15.1. The Morgan fingerprint density at radius 1 is 0.364 bits per heavy atom. The van der Waals surface area contributed by atoms with E-state index in [9.17, 15) is 0 Å². The van der Waals surface area contributed by atoms with Gasteiger partial charge in [0, 0.05) is 11.1 Å². The maximum Gasteiger partial charge on any atom is 0.132 e. The predicted molar refractivity (Wildman–Crippen MR) is 189 cm³/mol. The highest BCUT2D eigenvalue weighted by Crippen LogP contribution is 2.48. The summed E-state index contributed by atoms with van der Waals surface area (Å²) in [5.74, 6) is 1.82. The third kappa shape index (κ3) is 5.57. The average Bonchev–Trinajstić information content (AvgIpc) is 3.07. The number of rotatable bonds is 6. The summed E-state index contributed by atoms with van der Waals surface area (Å²) < 4.78 is 13.6. The Bertz CT molecular complexity index is 1630. The van der Waals surface area contributed by atoms with Gasteiger partial charge in [0.2, 0.25) is 0 Å². The molecule has 7 rings (SSSR count). The van der Waals surface area contributed by atoms with Crippen molar-refractivity contribution in [2.24, 2.45) is 0 Å². The molecule has 0 aliphatic carbocycles. The van der Waals surface area contributed by atoms with Gasteiger partial charge in [-0.1, -0.05) is 146 Å². The molecular formula is C40H34O2P2. The number of hydrogen-bond donors (Lipinski definition) is 0. The standard InChI is InChI=1S/C40H34O2P2/c1-29-30(2)42-36-26-16-28-38(44(33-21-11-5-12-22-33)34-23-13-6-14-24-34)40(36)39-35(41-29)25-15-27-37(39)43(31-17-7-3-8-18-31)32-19-9-4-10-20-32/h3-30H,1-2H3/t29-,30?/m1/s1. The van der Waals surface area contributed by atoms with Crippen LogP contribution in [0.1, 0.15) is 13.8 Å². The van der Waals surface area contributed by atoms with Gasteiger partial charge in [0.15, 0.2) is 0 Å². The summed E-state index contributed by atoms with van der Waals surface area (Å²) in [7, 11) is -1.80. The fourth-order valence-corrected chi connectivity index (χ4v) is 10.8. The first-order valence-corrected chi connectivity index (χ1v) is 17.8. The van der Waals surface area contributed by atoms with Crippen molar-refractivity contribution in [3.63, 3.8) is 0 Å². The minimum Gasteiger partial charge on any atom is -0.486 e. The monoisotopic (exact) mass is 608 g/mol. The molecule has 0 spiro atoms. The van der Waals surface area contributed by atoms with E-state index >= 15 is 0 Å². The van der Waals surface area contributed by atoms with E-state index in [1.54, 1.807) is 0 Å². The molecule has 0 saturated heterocycles. The van der Waals surface area contributed by atoms with Crippen molar-refractivity contribution in [3.8, 4) is 22.6 Å². The van der Waals surface area contributed by atoms with Gasteiger partial charge < -0.3 is 9.47 Å². The molecule has 0 saturated carbocycles. The van der Waals surface area contributed by atoms with Crippen molar-refractivity contribution in [2.45, 2.75) is 26.1 Å². The summed E-state index contributed by atoms with van der Waals surface area (Å²) in [6.07, 6.45) is -0.240. The fraction of sp³-hybridized carbons (Fsp3) is 0.100. The highest BCUT2D eigenvalue weighted by atomic mass is 31.1. The van der Waals surface area contributed by atoms with Crippen LogP contribution in [-0.2, 0) is 0 Å². The zero-order valence-corrected chi connectivity index (χ0v) is 26.7. The van der Waals surface area contributed by atoms with Gasteiger partial charge >= 0.3 is 0 Å². The highest BCUT2D eigenvalue weighted by Gasteiger charge is 2.32. The Kier molecular flexibility index (Phi) is 8.30. The first-order chi connectivity index (χ1) is 21.7. The molecule has 4 heteroatoms. The number of fused-ring (bicyclic) bond motifs is 3. The molecule has 0 bridgehead atoms. The molecule has 0 fully saturated rings. The summed E-state index contributed by atoms with van der Waals surface area (Å²) in [4.78, 5) is 0. The molecule has 2 atom stereocenters. The Balaban J connectivity index is 1.56. The van der Waals surface area contributed by atoms with Gasteiger partial charge in [0.05, 0.1) is 0 Å². The molecule has 0 aromatic heterocycles. The van der Waals surface area contributed by atoms with E-state index in [4.69, 9.17) is 9.47 Å². The first kappa shape index (κ1) is 28.5. The van der Waals surface area contributed by atoms with E-state index in [2.05, 4.69) is 172 Å². The Hall–Kier alpha value is -4.22. The smallest absolute Gasteiger partial charge is 0.132 e. The van der Waals surface area contributed by atoms with Crippen LogP contribution in [0.3, 0.4) is 0 Å². The molecule has 2 nitrogen and oxygen atoms in total. The van der Waals surface area contributed by atoms with Crippen molar-refractivity contribution in [2.75, 3.05) is 0 Å². The molecule has 6 aromatic carbocycles. The molecule has 0 N–H and O–H groups in total. The summed E-state index contributed by atoms with van der Waals surface area (Å²) in [6.45, 7) is 4.21. The second-order valence-electron chi connectivity index (χ2n) is 11.0. The molecule has 216 valence electrons. The summed E-state index contributed by atoms with van der Waals surface area (Å²) in [5.41, 5.74) is 2.27. The topological polar surface area (TPSA) is 18.5 Å². The zero-order chi connectivity index (χ0) is 29.9. The molecule has 1 aliphatic heterocycles. The van der Waals surface area contributed by atoms with E-state index < -0.39 is 15.8 Å². The van der Waals surface area contributed by atoms with Gasteiger partial charge in [-0.3, -0.25) is 0 Å². The normalized spacial score (nSPS) is 15.8. The van der Waals surface area contributed by atoms with Crippen molar-refractivity contribution in [1.82, 2.24) is 0 Å². The summed E-state index contributed by atoms with van der Waals surface area (Å²) in [5, 5.41) is 7.76. The maximum atomic E-state index is 6.81. The van der Waals surface area contributed by atoms with E-state index in [1.807, 2.05) is 0 Å². The van der Waals surface area contributed by atoms with Gasteiger partial charge in [-0.2, -0.15) is 0 Å². The largest absolute Gasteiger partial charge is 0.486 e. The summed E-state index contributed by atoms with van der Waals surface area (Å²) >= 11 is 0. The number of benzene rings is 6. The lowest BCUT2D eigenvalue weighted by Gasteiger charge is -2.33. The maximum absolute atomic E-state index is 6.81. The van der Waals surface area contributed by atoms with Crippen molar-refractivity contribution >= 4 is 47.7 Å². The lowest BCUT2D eigenvalue weighted by molar-refractivity contribution is 0.0763. The van der Waals surface area contributed by atoms with Gasteiger partial charge in [-0.05, 0) is 73.7 Å². The third-order valence-corrected chi connectivity index (χ3v) is 13.1.